The molecule has 0 aliphatic rings. The van der Waals surface area contributed by atoms with Gasteiger partial charge in [0.05, 0.1) is 14.0 Å². The van der Waals surface area contributed by atoms with E-state index < -0.39 is 4.87 Å². The average molecular weight is 442 g/mol. The van der Waals surface area contributed by atoms with Gasteiger partial charge in [-0.25, -0.2) is 0 Å². The van der Waals surface area contributed by atoms with E-state index in [4.69, 9.17) is 23.2 Å². The van der Waals surface area contributed by atoms with Crippen LogP contribution in [0.2, 0.25) is 0 Å². The first-order valence-electron chi connectivity index (χ1n) is 4.08. The van der Waals surface area contributed by atoms with E-state index in [2.05, 4.69) is 54.4 Å². The molecule has 0 unspecified atom stereocenters. The molecular formula is C10H11Br3Cl2. The van der Waals surface area contributed by atoms with E-state index in [1.807, 2.05) is 19.1 Å². The Morgan fingerprint density at radius 1 is 1.47 bits per heavy atom. The van der Waals surface area contributed by atoms with E-state index in [0.717, 1.165) is 5.57 Å². The molecule has 0 spiro atoms. The summed E-state index contributed by atoms with van der Waals surface area (Å²) in [5, 5.41) is -0.308. The maximum Gasteiger partial charge on any atom is 0.0951 e. The second-order valence-electron chi connectivity index (χ2n) is 3.03. The Hall–Kier alpha value is 1.24. The number of alkyl halides is 4. The summed E-state index contributed by atoms with van der Waals surface area (Å²) in [6, 6.07) is 0. The molecule has 0 saturated carbocycles. The number of hydrogen-bond donors (Lipinski definition) is 0. The molecule has 0 aliphatic carbocycles. The molecule has 0 aromatic heterocycles. The fourth-order valence-electron chi connectivity index (χ4n) is 0.653. The first-order chi connectivity index (χ1) is 6.85. The van der Waals surface area contributed by atoms with Crippen molar-refractivity contribution in [2.24, 2.45) is 0 Å². The molecule has 0 amide bonds. The summed E-state index contributed by atoms with van der Waals surface area (Å²) >= 11 is 22.3. The van der Waals surface area contributed by atoms with E-state index in [-0.39, 0.29) is 9.11 Å². The molecule has 0 nitrogen and oxygen atoms in total. The van der Waals surface area contributed by atoms with Crippen LogP contribution in [-0.2, 0) is 0 Å². The van der Waals surface area contributed by atoms with Crippen LogP contribution in [-0.4, -0.2) is 14.0 Å². The van der Waals surface area contributed by atoms with Crippen molar-refractivity contribution in [3.05, 3.63) is 35.4 Å². The van der Waals surface area contributed by atoms with Gasteiger partial charge in [-0.15, -0.1) is 29.8 Å². The molecule has 0 rings (SSSR count). The third kappa shape index (κ3) is 5.92. The Balaban J connectivity index is 4.60. The first kappa shape index (κ1) is 16.2. The predicted molar refractivity (Wildman–Crippen MR) is 81.9 cm³/mol. The van der Waals surface area contributed by atoms with Crippen LogP contribution >= 0.6 is 71.0 Å². The Labute approximate surface area is 126 Å². The highest BCUT2D eigenvalue weighted by Gasteiger charge is 2.24. The van der Waals surface area contributed by atoms with Crippen molar-refractivity contribution in [3.63, 3.8) is 0 Å². The predicted octanol–water partition coefficient (Wildman–Crippen LogP) is 5.73. The summed E-state index contributed by atoms with van der Waals surface area (Å²) in [5.41, 5.74) is 1.01. The van der Waals surface area contributed by atoms with E-state index in [1.54, 1.807) is 11.1 Å². The molecule has 2 atom stereocenters. The van der Waals surface area contributed by atoms with Crippen LogP contribution in [0.25, 0.3) is 0 Å². The van der Waals surface area contributed by atoms with Gasteiger partial charge >= 0.3 is 0 Å². The van der Waals surface area contributed by atoms with Crippen LogP contribution in [0.3, 0.4) is 0 Å². The molecule has 0 aromatic carbocycles. The monoisotopic (exact) mass is 438 g/mol. The molecular weight excluding hydrogens is 431 g/mol. The van der Waals surface area contributed by atoms with Crippen molar-refractivity contribution in [1.29, 1.82) is 0 Å². The maximum absolute atomic E-state index is 6.12. The Morgan fingerprint density at radius 3 is 2.33 bits per heavy atom. The highest BCUT2D eigenvalue weighted by molar-refractivity contribution is 9.24. The van der Waals surface area contributed by atoms with E-state index in [0.29, 0.717) is 0 Å². The van der Waals surface area contributed by atoms with Crippen LogP contribution < -0.4 is 0 Å². The molecule has 0 heterocycles. The van der Waals surface area contributed by atoms with Crippen molar-refractivity contribution in [1.82, 2.24) is 0 Å². The topological polar surface area (TPSA) is 0 Å². The number of rotatable bonds is 5. The number of hydrogen-bond acceptors (Lipinski definition) is 0. The van der Waals surface area contributed by atoms with Crippen LogP contribution in [0.4, 0.5) is 0 Å². The molecule has 15 heavy (non-hydrogen) atoms. The van der Waals surface area contributed by atoms with Crippen molar-refractivity contribution >= 4 is 71.0 Å². The van der Waals surface area contributed by atoms with Gasteiger partial charge in [0.2, 0.25) is 0 Å². The van der Waals surface area contributed by atoms with Gasteiger partial charge in [0, 0.05) is 0 Å². The summed E-state index contributed by atoms with van der Waals surface area (Å²) in [7, 11) is 0. The normalized spacial score (nSPS) is 19.3. The van der Waals surface area contributed by atoms with E-state index in [9.17, 15) is 0 Å². The maximum atomic E-state index is 6.12. The lowest BCUT2D eigenvalue weighted by Gasteiger charge is -2.20. The number of halogens is 5. The summed E-state index contributed by atoms with van der Waals surface area (Å²) in [6.45, 7) is 5.46. The Kier molecular flexibility index (Phi) is 8.17. The van der Waals surface area contributed by atoms with Crippen LogP contribution in [0.1, 0.15) is 6.92 Å². The minimum absolute atomic E-state index is 0.0785. The van der Waals surface area contributed by atoms with Gasteiger partial charge in [-0.1, -0.05) is 66.0 Å². The number of allylic oxidation sites excluding steroid dienone is 4. The summed E-state index contributed by atoms with van der Waals surface area (Å²) in [5.74, 6) is 0. The second kappa shape index (κ2) is 7.54. The van der Waals surface area contributed by atoms with Gasteiger partial charge in [-0.2, -0.15) is 0 Å². The Morgan fingerprint density at radius 2 is 2.00 bits per heavy atom. The van der Waals surface area contributed by atoms with Gasteiger partial charge in [0.25, 0.3) is 0 Å². The van der Waals surface area contributed by atoms with Gasteiger partial charge in [0.1, 0.15) is 0 Å². The molecule has 0 aromatic rings. The fourth-order valence-corrected chi connectivity index (χ4v) is 2.58. The summed E-state index contributed by atoms with van der Waals surface area (Å²) in [4.78, 5) is 1.17. The van der Waals surface area contributed by atoms with Gasteiger partial charge in [-0.05, 0) is 17.5 Å². The standard InChI is InChI=1S/C10H11Br3Cl2/c1-3-10(2,15)8(14)5-4-7(6-11)9(12)13/h3-6,8-9H,1H2,2H3/b5-4+,7-6+/t8-,10-/m1/s1. The molecule has 0 radical (unpaired) electrons. The van der Waals surface area contributed by atoms with Gasteiger partial charge in [0.15, 0.2) is 0 Å². The SMILES string of the molecule is C=C[C@@](C)(Cl)[C@H](Cl)/C=C/C(=C\Br)C(Br)Br. The lowest BCUT2D eigenvalue weighted by atomic mass is 10.1. The van der Waals surface area contributed by atoms with Crippen molar-refractivity contribution in [3.8, 4) is 0 Å². The largest absolute Gasteiger partial charge is 0.116 e. The van der Waals surface area contributed by atoms with Gasteiger partial charge in [-0.3, -0.25) is 0 Å². The molecule has 86 valence electrons. The lowest BCUT2D eigenvalue weighted by molar-refractivity contribution is 0.801. The van der Waals surface area contributed by atoms with Crippen LogP contribution in [0.5, 0.6) is 0 Å². The van der Waals surface area contributed by atoms with Gasteiger partial charge < -0.3 is 0 Å². The zero-order valence-corrected chi connectivity index (χ0v) is 14.3. The Bertz CT molecular complexity index is 270. The van der Waals surface area contributed by atoms with Crippen molar-refractivity contribution in [2.45, 2.75) is 20.9 Å². The van der Waals surface area contributed by atoms with Crippen LogP contribution in [0, 0.1) is 0 Å². The zero-order valence-electron chi connectivity index (χ0n) is 8.06. The molecule has 0 aliphatic heterocycles. The van der Waals surface area contributed by atoms with Crippen LogP contribution in [0.15, 0.2) is 35.4 Å². The molecule has 0 saturated heterocycles. The molecule has 0 bridgehead atoms. The summed E-state index contributed by atoms with van der Waals surface area (Å²) < 4.78 is 0.0785. The molecule has 0 fully saturated rings. The fraction of sp³-hybridized carbons (Fsp3) is 0.400. The third-order valence-electron chi connectivity index (χ3n) is 1.77. The second-order valence-corrected chi connectivity index (χ2v) is 7.83. The average Bonchev–Trinajstić information content (AvgIpc) is 2.17. The quantitative estimate of drug-likeness (QED) is 0.290. The third-order valence-corrected chi connectivity index (χ3v) is 4.46. The minimum Gasteiger partial charge on any atom is -0.116 e. The van der Waals surface area contributed by atoms with E-state index in [1.165, 1.54) is 0 Å². The van der Waals surface area contributed by atoms with Crippen molar-refractivity contribution in [2.75, 3.05) is 0 Å². The zero-order chi connectivity index (χ0) is 12.1. The highest BCUT2D eigenvalue weighted by Crippen LogP contribution is 2.28. The lowest BCUT2D eigenvalue weighted by Crippen LogP contribution is -2.24. The smallest absolute Gasteiger partial charge is 0.0951 e. The van der Waals surface area contributed by atoms with E-state index >= 15 is 0 Å². The minimum atomic E-state index is -0.635. The van der Waals surface area contributed by atoms with Crippen molar-refractivity contribution < 1.29 is 0 Å². The molecule has 0 N–H and O–H groups in total. The highest BCUT2D eigenvalue weighted by atomic mass is 79.9. The molecule has 5 heteroatoms. The first-order valence-corrected chi connectivity index (χ1v) is 7.64. The summed E-state index contributed by atoms with van der Waals surface area (Å²) in [6.07, 6.45) is 5.36.